The van der Waals surface area contributed by atoms with E-state index in [1.807, 2.05) is 6.07 Å². The first-order valence-corrected chi connectivity index (χ1v) is 3.59. The number of azide groups is 1. The molecule has 1 rings (SSSR count). The molecule has 13 heavy (non-hydrogen) atoms. The van der Waals surface area contributed by atoms with Crippen LogP contribution in [0, 0.1) is 0 Å². The first kappa shape index (κ1) is 9.09. The van der Waals surface area contributed by atoms with E-state index in [-0.39, 0.29) is 6.54 Å². The minimum Gasteiger partial charge on any atom is -0.426 e. The number of carbonyl (C=O) groups excluding carboxylic acids is 1. The lowest BCUT2D eigenvalue weighted by molar-refractivity contribution is -0.132. The van der Waals surface area contributed by atoms with Crippen LogP contribution in [-0.4, -0.2) is 12.5 Å². The molecule has 0 N–H and O–H groups in total. The summed E-state index contributed by atoms with van der Waals surface area (Å²) in [5.74, 6) is -0.121. The van der Waals surface area contributed by atoms with E-state index in [9.17, 15) is 4.79 Å². The second-order valence-corrected chi connectivity index (χ2v) is 2.18. The molecule has 0 aliphatic heterocycles. The van der Waals surface area contributed by atoms with Gasteiger partial charge in [-0.2, -0.15) is 0 Å². The maximum Gasteiger partial charge on any atom is 0.317 e. The van der Waals surface area contributed by atoms with Gasteiger partial charge in [0.1, 0.15) is 12.3 Å². The molecule has 0 aliphatic carbocycles. The molecule has 0 saturated carbocycles. The first-order chi connectivity index (χ1) is 6.33. The number of hydrogen-bond acceptors (Lipinski definition) is 3. The zero-order valence-corrected chi connectivity index (χ0v) is 6.75. The molecule has 0 aliphatic rings. The molecule has 66 valence electrons. The van der Waals surface area contributed by atoms with Crippen molar-refractivity contribution in [1.29, 1.82) is 0 Å². The second kappa shape index (κ2) is 4.79. The molecule has 1 aromatic carbocycles. The Morgan fingerprint density at radius 2 is 2.15 bits per heavy atom. The number of nitrogens with zero attached hydrogens (tertiary/aromatic N) is 3. The third-order valence-electron chi connectivity index (χ3n) is 1.24. The predicted octanol–water partition coefficient (Wildman–Crippen LogP) is 1.90. The summed E-state index contributed by atoms with van der Waals surface area (Å²) in [6.45, 7) is -0.286. The molecule has 5 nitrogen and oxygen atoms in total. The Kier molecular flexibility index (Phi) is 3.35. The molecule has 0 fully saturated rings. The Hall–Kier alpha value is -2.00. The normalized spacial score (nSPS) is 8.62. The van der Waals surface area contributed by atoms with E-state index in [0.29, 0.717) is 5.75 Å². The Morgan fingerprint density at radius 3 is 2.77 bits per heavy atom. The highest BCUT2D eigenvalue weighted by Crippen LogP contribution is 2.08. The van der Waals surface area contributed by atoms with Gasteiger partial charge < -0.3 is 4.74 Å². The van der Waals surface area contributed by atoms with Crippen molar-refractivity contribution in [3.63, 3.8) is 0 Å². The van der Waals surface area contributed by atoms with Crippen molar-refractivity contribution >= 4 is 5.97 Å². The summed E-state index contributed by atoms with van der Waals surface area (Å²) in [7, 11) is 0. The van der Waals surface area contributed by atoms with Gasteiger partial charge in [0, 0.05) is 4.91 Å². The SMILES string of the molecule is [N-]=[N+]=NCC(=O)Oc1ccccc1. The van der Waals surface area contributed by atoms with Crippen molar-refractivity contribution in [2.24, 2.45) is 5.11 Å². The number of carbonyl (C=O) groups is 1. The largest absolute Gasteiger partial charge is 0.426 e. The van der Waals surface area contributed by atoms with E-state index >= 15 is 0 Å². The topological polar surface area (TPSA) is 75.1 Å². The fraction of sp³-hybridized carbons (Fsp3) is 0.125. The second-order valence-electron chi connectivity index (χ2n) is 2.18. The van der Waals surface area contributed by atoms with Crippen molar-refractivity contribution < 1.29 is 9.53 Å². The lowest BCUT2D eigenvalue weighted by Crippen LogP contribution is -2.10. The molecule has 0 heterocycles. The number of para-hydroxylation sites is 1. The van der Waals surface area contributed by atoms with Gasteiger partial charge in [-0.05, 0) is 17.7 Å². The van der Waals surface area contributed by atoms with Gasteiger partial charge in [0.2, 0.25) is 0 Å². The maximum atomic E-state index is 10.9. The van der Waals surface area contributed by atoms with Crippen molar-refractivity contribution in [3.05, 3.63) is 40.8 Å². The molecule has 5 heteroatoms. The highest BCUT2D eigenvalue weighted by Gasteiger charge is 2.00. The zero-order chi connectivity index (χ0) is 9.52. The smallest absolute Gasteiger partial charge is 0.317 e. The molecule has 0 unspecified atom stereocenters. The van der Waals surface area contributed by atoms with Gasteiger partial charge in [0.15, 0.2) is 0 Å². The molecule has 0 aromatic heterocycles. The average molecular weight is 177 g/mol. The van der Waals surface area contributed by atoms with Crippen LogP contribution in [0.25, 0.3) is 10.4 Å². The fourth-order valence-corrected chi connectivity index (χ4v) is 0.742. The molecule has 0 radical (unpaired) electrons. The zero-order valence-electron chi connectivity index (χ0n) is 6.75. The van der Waals surface area contributed by atoms with E-state index in [0.717, 1.165) is 0 Å². The summed E-state index contributed by atoms with van der Waals surface area (Å²) >= 11 is 0. The van der Waals surface area contributed by atoms with Crippen LogP contribution in [0.4, 0.5) is 0 Å². The van der Waals surface area contributed by atoms with E-state index in [4.69, 9.17) is 10.3 Å². The number of esters is 1. The van der Waals surface area contributed by atoms with Crippen LogP contribution in [-0.2, 0) is 4.79 Å². The molecule has 0 saturated heterocycles. The molecular formula is C8H7N3O2. The Labute approximate surface area is 74.6 Å². The van der Waals surface area contributed by atoms with Gasteiger partial charge in [-0.15, -0.1) is 0 Å². The van der Waals surface area contributed by atoms with E-state index in [1.165, 1.54) is 0 Å². The highest BCUT2D eigenvalue weighted by molar-refractivity contribution is 5.74. The van der Waals surface area contributed by atoms with Gasteiger partial charge in [-0.25, -0.2) is 0 Å². The van der Waals surface area contributed by atoms with E-state index in [2.05, 4.69) is 10.0 Å². The van der Waals surface area contributed by atoms with Crippen LogP contribution in [0.3, 0.4) is 0 Å². The van der Waals surface area contributed by atoms with Gasteiger partial charge in [-0.1, -0.05) is 23.3 Å². The summed E-state index contributed by atoms with van der Waals surface area (Å²) in [4.78, 5) is 13.3. The standard InChI is InChI=1S/C8H7N3O2/c9-11-10-6-8(12)13-7-4-2-1-3-5-7/h1-5H,6H2. The first-order valence-electron chi connectivity index (χ1n) is 3.59. The predicted molar refractivity (Wildman–Crippen MR) is 46.1 cm³/mol. The lowest BCUT2D eigenvalue weighted by atomic mass is 10.3. The minimum absolute atomic E-state index is 0.286. The van der Waals surface area contributed by atoms with Crippen molar-refractivity contribution in [3.8, 4) is 5.75 Å². The Bertz CT molecular complexity index is 331. The average Bonchev–Trinajstić information content (AvgIpc) is 2.16. The van der Waals surface area contributed by atoms with Gasteiger partial charge in [0.25, 0.3) is 0 Å². The molecule has 0 atom stereocenters. The quantitative estimate of drug-likeness (QED) is 0.232. The van der Waals surface area contributed by atoms with Gasteiger partial charge in [0.05, 0.1) is 0 Å². The number of ether oxygens (including phenoxy) is 1. The number of rotatable bonds is 3. The maximum absolute atomic E-state index is 10.9. The summed E-state index contributed by atoms with van der Waals surface area (Å²) in [5.41, 5.74) is 7.93. The third kappa shape index (κ3) is 3.27. The van der Waals surface area contributed by atoms with E-state index < -0.39 is 5.97 Å². The molecular weight excluding hydrogens is 170 g/mol. The summed E-state index contributed by atoms with van der Waals surface area (Å²) in [6.07, 6.45) is 0. The van der Waals surface area contributed by atoms with Crippen LogP contribution in [0.1, 0.15) is 0 Å². The summed E-state index contributed by atoms with van der Waals surface area (Å²) < 4.78 is 4.81. The highest BCUT2D eigenvalue weighted by atomic mass is 16.5. The van der Waals surface area contributed by atoms with Gasteiger partial charge in [-0.3, -0.25) is 4.79 Å². The van der Waals surface area contributed by atoms with Crippen molar-refractivity contribution in [2.75, 3.05) is 6.54 Å². The molecule has 0 spiro atoms. The monoisotopic (exact) mass is 177 g/mol. The Balaban J connectivity index is 2.50. The molecule has 0 amide bonds. The summed E-state index contributed by atoms with van der Waals surface area (Å²) in [5, 5.41) is 3.07. The van der Waals surface area contributed by atoms with Crippen molar-refractivity contribution in [1.82, 2.24) is 0 Å². The number of benzene rings is 1. The van der Waals surface area contributed by atoms with Gasteiger partial charge >= 0.3 is 5.97 Å². The van der Waals surface area contributed by atoms with Crippen LogP contribution >= 0.6 is 0 Å². The van der Waals surface area contributed by atoms with Crippen LogP contribution < -0.4 is 4.74 Å². The summed E-state index contributed by atoms with van der Waals surface area (Å²) in [6, 6.07) is 8.60. The van der Waals surface area contributed by atoms with Crippen LogP contribution in [0.15, 0.2) is 35.4 Å². The Morgan fingerprint density at radius 1 is 1.46 bits per heavy atom. The molecule has 1 aromatic rings. The van der Waals surface area contributed by atoms with Crippen LogP contribution in [0.2, 0.25) is 0 Å². The van der Waals surface area contributed by atoms with E-state index in [1.54, 1.807) is 24.3 Å². The molecule has 0 bridgehead atoms. The number of hydrogen-bond donors (Lipinski definition) is 0. The lowest BCUT2D eigenvalue weighted by Gasteiger charge is -1.99. The third-order valence-corrected chi connectivity index (χ3v) is 1.24. The minimum atomic E-state index is -0.566. The fourth-order valence-electron chi connectivity index (χ4n) is 0.742. The van der Waals surface area contributed by atoms with Crippen molar-refractivity contribution in [2.45, 2.75) is 0 Å². The van der Waals surface area contributed by atoms with Crippen LogP contribution in [0.5, 0.6) is 5.75 Å².